The van der Waals surface area contributed by atoms with E-state index in [1.165, 1.54) is 42.0 Å². The third-order valence-corrected chi connectivity index (χ3v) is 6.34. The molecule has 11 heteroatoms. The van der Waals surface area contributed by atoms with Crippen LogP contribution in [0.25, 0.3) is 0 Å². The van der Waals surface area contributed by atoms with E-state index in [0.717, 1.165) is 0 Å². The van der Waals surface area contributed by atoms with E-state index in [4.69, 9.17) is 26.8 Å². The van der Waals surface area contributed by atoms with Crippen molar-refractivity contribution in [3.8, 4) is 11.8 Å². The molecule has 9 nitrogen and oxygen atoms in total. The molecule has 150 valence electrons. The molecule has 0 bridgehead atoms. The summed E-state index contributed by atoms with van der Waals surface area (Å²) in [4.78, 5) is 19.5. The number of hydrogen-bond acceptors (Lipinski definition) is 7. The Morgan fingerprint density at radius 2 is 2.04 bits per heavy atom. The number of sulfonamides is 1. The number of nitrogens with two attached hydrogens (primary N) is 1. The second kappa shape index (κ2) is 8.29. The standard InChI is InChI=1S/C17H19ClN4O5S/c1-26-15-5-4-13(7-14(15)16(19)23)28(24,25)22-6-2-3-12(10-22)27-17-20-8-11(18)9-21-17/h4-5,7-9,12H,2-3,6,10H2,1H3,(H2,19,23). The summed E-state index contributed by atoms with van der Waals surface area (Å²) in [6.45, 7) is 0.466. The highest BCUT2D eigenvalue weighted by molar-refractivity contribution is 7.89. The van der Waals surface area contributed by atoms with Crippen molar-refractivity contribution < 1.29 is 22.7 Å². The van der Waals surface area contributed by atoms with Crippen molar-refractivity contribution in [2.24, 2.45) is 5.73 Å². The van der Waals surface area contributed by atoms with E-state index < -0.39 is 22.0 Å². The fourth-order valence-corrected chi connectivity index (χ4v) is 4.55. The zero-order chi connectivity index (χ0) is 20.3. The molecule has 1 saturated heterocycles. The van der Waals surface area contributed by atoms with Gasteiger partial charge in [0.25, 0.3) is 5.91 Å². The minimum absolute atomic E-state index is 0.00273. The topological polar surface area (TPSA) is 125 Å². The van der Waals surface area contributed by atoms with Crippen LogP contribution in [-0.2, 0) is 10.0 Å². The van der Waals surface area contributed by atoms with Gasteiger partial charge in [0.1, 0.15) is 11.9 Å². The van der Waals surface area contributed by atoms with Crippen LogP contribution in [-0.4, -0.2) is 54.9 Å². The lowest BCUT2D eigenvalue weighted by atomic mass is 10.1. The quantitative estimate of drug-likeness (QED) is 0.741. The van der Waals surface area contributed by atoms with E-state index in [1.807, 2.05) is 0 Å². The van der Waals surface area contributed by atoms with E-state index in [9.17, 15) is 13.2 Å². The van der Waals surface area contributed by atoms with E-state index in [0.29, 0.717) is 24.4 Å². The third-order valence-electron chi connectivity index (χ3n) is 4.28. The van der Waals surface area contributed by atoms with Gasteiger partial charge in [0.15, 0.2) is 0 Å². The van der Waals surface area contributed by atoms with Crippen LogP contribution in [0.3, 0.4) is 0 Å². The lowest BCUT2D eigenvalue weighted by Crippen LogP contribution is -2.44. The Morgan fingerprint density at radius 1 is 1.32 bits per heavy atom. The number of benzene rings is 1. The summed E-state index contributed by atoms with van der Waals surface area (Å²) >= 11 is 5.75. The summed E-state index contributed by atoms with van der Waals surface area (Å²) in [5.41, 5.74) is 5.33. The number of nitrogens with zero attached hydrogens (tertiary/aromatic N) is 3. The SMILES string of the molecule is COc1ccc(S(=O)(=O)N2CCCC(Oc3ncc(Cl)cn3)C2)cc1C(N)=O. The van der Waals surface area contributed by atoms with Crippen LogP contribution in [0.5, 0.6) is 11.8 Å². The van der Waals surface area contributed by atoms with Gasteiger partial charge in [-0.15, -0.1) is 0 Å². The number of amides is 1. The molecule has 1 fully saturated rings. The van der Waals surface area contributed by atoms with Gasteiger partial charge in [-0.1, -0.05) is 11.6 Å². The van der Waals surface area contributed by atoms with Gasteiger partial charge in [0.2, 0.25) is 10.0 Å². The molecule has 1 amide bonds. The average molecular weight is 427 g/mol. The van der Waals surface area contributed by atoms with Crippen LogP contribution in [0.1, 0.15) is 23.2 Å². The van der Waals surface area contributed by atoms with Crippen LogP contribution in [0.15, 0.2) is 35.5 Å². The second-order valence-electron chi connectivity index (χ2n) is 6.16. The molecular formula is C17H19ClN4O5S. The highest BCUT2D eigenvalue weighted by Crippen LogP contribution is 2.27. The third kappa shape index (κ3) is 4.34. The Balaban J connectivity index is 1.80. The van der Waals surface area contributed by atoms with Crippen molar-refractivity contribution in [3.05, 3.63) is 41.2 Å². The average Bonchev–Trinajstić information content (AvgIpc) is 2.69. The number of carbonyl (C=O) groups excluding carboxylic acids is 1. The molecular weight excluding hydrogens is 408 g/mol. The molecule has 1 aromatic heterocycles. The summed E-state index contributed by atoms with van der Waals surface area (Å²) < 4.78 is 38.1. The Labute approximate surface area is 167 Å². The summed E-state index contributed by atoms with van der Waals surface area (Å²) in [5, 5.41) is 0.380. The van der Waals surface area contributed by atoms with Gasteiger partial charge in [0, 0.05) is 6.54 Å². The molecule has 2 aromatic rings. The van der Waals surface area contributed by atoms with Gasteiger partial charge in [0.05, 0.1) is 41.5 Å². The molecule has 3 rings (SSSR count). The number of piperidine rings is 1. The lowest BCUT2D eigenvalue weighted by molar-refractivity contribution is 0.0997. The van der Waals surface area contributed by atoms with Crippen molar-refractivity contribution in [3.63, 3.8) is 0 Å². The number of halogens is 1. The molecule has 1 aliphatic rings. The Hall–Kier alpha value is -2.43. The van der Waals surface area contributed by atoms with Gasteiger partial charge in [-0.25, -0.2) is 18.4 Å². The Kier molecular flexibility index (Phi) is 6.01. The van der Waals surface area contributed by atoms with Crippen molar-refractivity contribution in [1.29, 1.82) is 0 Å². The summed E-state index contributed by atoms with van der Waals surface area (Å²) in [6, 6.07) is 4.15. The molecule has 1 unspecified atom stereocenters. The number of methoxy groups -OCH3 is 1. The summed E-state index contributed by atoms with van der Waals surface area (Å²) in [6.07, 6.45) is 3.68. The van der Waals surface area contributed by atoms with Crippen LogP contribution < -0.4 is 15.2 Å². The molecule has 2 heterocycles. The van der Waals surface area contributed by atoms with Crippen molar-refractivity contribution >= 4 is 27.5 Å². The number of ether oxygens (including phenoxy) is 2. The molecule has 28 heavy (non-hydrogen) atoms. The normalized spacial score (nSPS) is 17.9. The molecule has 1 aliphatic heterocycles. The molecule has 0 radical (unpaired) electrons. The predicted molar refractivity (Wildman–Crippen MR) is 101 cm³/mol. The largest absolute Gasteiger partial charge is 0.496 e. The molecule has 1 atom stereocenters. The number of carbonyl (C=O) groups is 1. The summed E-state index contributed by atoms with van der Waals surface area (Å²) in [7, 11) is -2.47. The minimum Gasteiger partial charge on any atom is -0.496 e. The van der Waals surface area contributed by atoms with E-state index in [-0.39, 0.29) is 28.8 Å². The zero-order valence-corrected chi connectivity index (χ0v) is 16.6. The van der Waals surface area contributed by atoms with E-state index in [2.05, 4.69) is 9.97 Å². The van der Waals surface area contributed by atoms with Crippen LogP contribution in [0.4, 0.5) is 0 Å². The maximum atomic E-state index is 13.0. The fraction of sp³-hybridized carbons (Fsp3) is 0.353. The monoisotopic (exact) mass is 426 g/mol. The highest BCUT2D eigenvalue weighted by atomic mass is 35.5. The maximum Gasteiger partial charge on any atom is 0.316 e. The van der Waals surface area contributed by atoms with E-state index >= 15 is 0 Å². The van der Waals surface area contributed by atoms with Crippen LogP contribution >= 0.6 is 11.6 Å². The van der Waals surface area contributed by atoms with Gasteiger partial charge in [-0.3, -0.25) is 4.79 Å². The highest BCUT2D eigenvalue weighted by Gasteiger charge is 2.32. The number of aromatic nitrogens is 2. The van der Waals surface area contributed by atoms with Crippen LogP contribution in [0, 0.1) is 0 Å². The van der Waals surface area contributed by atoms with Gasteiger partial charge >= 0.3 is 6.01 Å². The Bertz CT molecular complexity index is 968. The lowest BCUT2D eigenvalue weighted by Gasteiger charge is -2.31. The van der Waals surface area contributed by atoms with Crippen LogP contribution in [0.2, 0.25) is 5.02 Å². The van der Waals surface area contributed by atoms with Crippen molar-refractivity contribution in [1.82, 2.24) is 14.3 Å². The predicted octanol–water partition coefficient (Wildman–Crippen LogP) is 1.47. The first-order valence-electron chi connectivity index (χ1n) is 8.43. The number of hydrogen-bond donors (Lipinski definition) is 1. The smallest absolute Gasteiger partial charge is 0.316 e. The van der Waals surface area contributed by atoms with Gasteiger partial charge < -0.3 is 15.2 Å². The maximum absolute atomic E-state index is 13.0. The van der Waals surface area contributed by atoms with Crippen molar-refractivity contribution in [2.45, 2.75) is 23.8 Å². The van der Waals surface area contributed by atoms with Crippen molar-refractivity contribution in [2.75, 3.05) is 20.2 Å². The first-order valence-corrected chi connectivity index (χ1v) is 10.2. The number of rotatable bonds is 6. The molecule has 1 aromatic carbocycles. The zero-order valence-electron chi connectivity index (χ0n) is 15.0. The molecule has 2 N–H and O–H groups in total. The van der Waals surface area contributed by atoms with Gasteiger partial charge in [-0.05, 0) is 31.0 Å². The molecule has 0 spiro atoms. The van der Waals surface area contributed by atoms with Gasteiger partial charge in [-0.2, -0.15) is 4.31 Å². The van der Waals surface area contributed by atoms with E-state index in [1.54, 1.807) is 0 Å². The second-order valence-corrected chi connectivity index (χ2v) is 8.53. The minimum atomic E-state index is -3.85. The molecule has 0 saturated carbocycles. The molecule has 0 aliphatic carbocycles. The first kappa shape index (κ1) is 20.3. The first-order chi connectivity index (χ1) is 13.3. The Morgan fingerprint density at radius 3 is 2.68 bits per heavy atom. The number of primary amides is 1. The summed E-state index contributed by atoms with van der Waals surface area (Å²) in [5.74, 6) is -0.556. The fourth-order valence-electron chi connectivity index (χ4n) is 2.92.